The molecule has 1 heterocycles. The molecule has 0 fully saturated rings. The minimum atomic E-state index is -3.85. The first-order chi connectivity index (χ1) is 13.3. The lowest BCUT2D eigenvalue weighted by Gasteiger charge is -2.01. The van der Waals surface area contributed by atoms with Crippen LogP contribution in [0.25, 0.3) is 10.5 Å². The second-order valence-corrected chi connectivity index (χ2v) is 7.06. The highest BCUT2D eigenvalue weighted by Crippen LogP contribution is 2.26. The molecule has 3 N–H and O–H groups in total. The molecule has 0 aliphatic rings. The first-order valence-corrected chi connectivity index (χ1v) is 9.29. The molecule has 0 radical (unpaired) electrons. The van der Waals surface area contributed by atoms with E-state index in [9.17, 15) is 13.2 Å². The summed E-state index contributed by atoms with van der Waals surface area (Å²) in [6.07, 6.45) is 0. The van der Waals surface area contributed by atoms with Crippen LogP contribution < -0.4 is 15.4 Å². The predicted molar refractivity (Wildman–Crippen MR) is 101 cm³/mol. The number of sulfonamides is 1. The van der Waals surface area contributed by atoms with Crippen molar-refractivity contribution in [2.75, 3.05) is 7.11 Å². The van der Waals surface area contributed by atoms with Gasteiger partial charge in [-0.2, -0.15) is 14.9 Å². The van der Waals surface area contributed by atoms with Crippen LogP contribution >= 0.6 is 0 Å². The Morgan fingerprint density at radius 1 is 1.11 bits per heavy atom. The molecule has 10 nitrogen and oxygen atoms in total. The standard InChI is InChI=1S/C17H14N6O4S/c1-19-16-15(21-20-11-3-7-13(27-2)8-4-11)17(24)23(22-16)12-5-9-14(10-6-12)28(18,25)26/h3-10,22H,2H3,(H2,18,25,26). The number of primary sulfonamides is 1. The normalized spacial score (nSPS) is 11.5. The number of hydrogen-bond donors (Lipinski definition) is 2. The summed E-state index contributed by atoms with van der Waals surface area (Å²) >= 11 is 0. The minimum absolute atomic E-state index is 0.0966. The van der Waals surface area contributed by atoms with Gasteiger partial charge in [0.15, 0.2) is 5.69 Å². The van der Waals surface area contributed by atoms with Gasteiger partial charge in [0.2, 0.25) is 10.0 Å². The third-order valence-electron chi connectivity index (χ3n) is 3.72. The molecule has 1 aromatic heterocycles. The van der Waals surface area contributed by atoms with E-state index >= 15 is 0 Å². The molecule has 0 spiro atoms. The SMILES string of the molecule is [C-]#[N+]c1[nH]n(-c2ccc(S(N)(=O)=O)cc2)c(=O)c1N=Nc1ccc(OC)cc1. The monoisotopic (exact) mass is 398 g/mol. The Balaban J connectivity index is 1.98. The summed E-state index contributed by atoms with van der Waals surface area (Å²) in [6.45, 7) is 7.24. The van der Waals surface area contributed by atoms with Crippen molar-refractivity contribution in [3.05, 3.63) is 70.3 Å². The number of rotatable bonds is 5. The second-order valence-electron chi connectivity index (χ2n) is 5.50. The Labute approximate surface area is 159 Å². The van der Waals surface area contributed by atoms with Gasteiger partial charge in [0.1, 0.15) is 5.75 Å². The zero-order valence-corrected chi connectivity index (χ0v) is 15.3. The van der Waals surface area contributed by atoms with E-state index in [0.29, 0.717) is 17.1 Å². The zero-order chi connectivity index (χ0) is 20.3. The van der Waals surface area contributed by atoms with E-state index in [0.717, 1.165) is 4.68 Å². The lowest BCUT2D eigenvalue weighted by molar-refractivity contribution is 0.415. The van der Waals surface area contributed by atoms with E-state index in [1.807, 2.05) is 0 Å². The van der Waals surface area contributed by atoms with Gasteiger partial charge in [-0.3, -0.25) is 4.79 Å². The Hall–Kier alpha value is -3.75. The molecule has 0 unspecified atom stereocenters. The van der Waals surface area contributed by atoms with Crippen LogP contribution in [0.1, 0.15) is 0 Å². The molecule has 2 aromatic carbocycles. The van der Waals surface area contributed by atoms with Crippen molar-refractivity contribution >= 4 is 27.2 Å². The summed E-state index contributed by atoms with van der Waals surface area (Å²) in [7, 11) is -2.31. The fourth-order valence-corrected chi connectivity index (χ4v) is 2.82. The number of benzene rings is 2. The molecule has 0 aliphatic carbocycles. The number of azo groups is 1. The smallest absolute Gasteiger partial charge is 0.303 e. The first-order valence-electron chi connectivity index (χ1n) is 7.75. The van der Waals surface area contributed by atoms with Crippen molar-refractivity contribution in [3.63, 3.8) is 0 Å². The molecule has 3 rings (SSSR count). The average molecular weight is 398 g/mol. The molecule has 0 aliphatic heterocycles. The number of nitrogens with one attached hydrogen (secondary N) is 1. The maximum absolute atomic E-state index is 12.6. The summed E-state index contributed by atoms with van der Waals surface area (Å²) < 4.78 is 28.8. The Morgan fingerprint density at radius 2 is 1.75 bits per heavy atom. The second kappa shape index (κ2) is 7.47. The highest BCUT2D eigenvalue weighted by atomic mass is 32.2. The van der Waals surface area contributed by atoms with Gasteiger partial charge in [0.25, 0.3) is 5.82 Å². The minimum Gasteiger partial charge on any atom is -0.497 e. The molecule has 0 saturated heterocycles. The number of aromatic nitrogens is 2. The molecular weight excluding hydrogens is 384 g/mol. The number of H-pyrrole nitrogens is 1. The highest BCUT2D eigenvalue weighted by molar-refractivity contribution is 7.89. The third-order valence-corrected chi connectivity index (χ3v) is 4.65. The number of nitrogens with zero attached hydrogens (tertiary/aromatic N) is 4. The quantitative estimate of drug-likeness (QED) is 0.504. The molecule has 3 aromatic rings. The van der Waals surface area contributed by atoms with Crippen LogP contribution in [-0.4, -0.2) is 25.3 Å². The van der Waals surface area contributed by atoms with Crippen molar-refractivity contribution in [3.8, 4) is 11.4 Å². The Morgan fingerprint density at radius 3 is 2.29 bits per heavy atom. The fraction of sp³-hybridized carbons (Fsp3) is 0.0588. The molecule has 11 heteroatoms. The summed E-state index contributed by atoms with van der Waals surface area (Å²) in [5.74, 6) is 0.547. The van der Waals surface area contributed by atoms with E-state index in [1.54, 1.807) is 24.3 Å². The summed E-state index contributed by atoms with van der Waals surface area (Å²) in [5, 5.41) is 15.6. The van der Waals surface area contributed by atoms with E-state index < -0.39 is 15.6 Å². The van der Waals surface area contributed by atoms with Gasteiger partial charge in [-0.25, -0.2) is 18.7 Å². The number of ether oxygens (including phenoxy) is 1. The molecule has 0 atom stereocenters. The van der Waals surface area contributed by atoms with Crippen LogP contribution in [0, 0.1) is 6.57 Å². The van der Waals surface area contributed by atoms with E-state index in [4.69, 9.17) is 16.4 Å². The van der Waals surface area contributed by atoms with Crippen LogP contribution in [0.15, 0.2) is 68.4 Å². The van der Waals surface area contributed by atoms with Gasteiger partial charge in [-0.1, -0.05) is 6.57 Å². The molecule has 0 amide bonds. The van der Waals surface area contributed by atoms with Crippen molar-refractivity contribution in [1.82, 2.24) is 9.78 Å². The average Bonchev–Trinajstić information content (AvgIpc) is 3.01. The Kier molecular flexibility index (Phi) is 5.08. The molecule has 0 bridgehead atoms. The van der Waals surface area contributed by atoms with Crippen LogP contribution in [0.3, 0.4) is 0 Å². The number of hydrogen-bond acceptors (Lipinski definition) is 6. The van der Waals surface area contributed by atoms with Gasteiger partial charge in [-0.15, -0.1) is 0 Å². The van der Waals surface area contributed by atoms with Gasteiger partial charge < -0.3 is 9.58 Å². The molecule has 0 saturated carbocycles. The van der Waals surface area contributed by atoms with E-state index in [1.165, 1.54) is 31.4 Å². The zero-order valence-electron chi connectivity index (χ0n) is 14.5. The van der Waals surface area contributed by atoms with Crippen molar-refractivity contribution in [2.24, 2.45) is 15.4 Å². The van der Waals surface area contributed by atoms with Gasteiger partial charge in [0, 0.05) is 0 Å². The largest absolute Gasteiger partial charge is 0.497 e. The summed E-state index contributed by atoms with van der Waals surface area (Å²) in [6, 6.07) is 12.0. The van der Waals surface area contributed by atoms with Gasteiger partial charge >= 0.3 is 5.56 Å². The van der Waals surface area contributed by atoms with Crippen LogP contribution in [0.2, 0.25) is 0 Å². The lowest BCUT2D eigenvalue weighted by Crippen LogP contribution is -2.15. The topological polar surface area (TPSA) is 136 Å². The van der Waals surface area contributed by atoms with Gasteiger partial charge in [0.05, 0.1) is 23.4 Å². The van der Waals surface area contributed by atoms with Crippen molar-refractivity contribution < 1.29 is 13.2 Å². The summed E-state index contributed by atoms with van der Waals surface area (Å²) in [4.78, 5) is 15.8. The first kappa shape index (κ1) is 19.0. The fourth-order valence-electron chi connectivity index (χ4n) is 2.31. The van der Waals surface area contributed by atoms with E-state index in [-0.39, 0.29) is 16.4 Å². The lowest BCUT2D eigenvalue weighted by atomic mass is 10.3. The van der Waals surface area contributed by atoms with Gasteiger partial charge in [-0.05, 0) is 48.5 Å². The predicted octanol–water partition coefficient (Wildman–Crippen LogP) is 2.79. The third kappa shape index (κ3) is 3.83. The number of aromatic amines is 1. The maximum atomic E-state index is 12.6. The number of nitrogens with two attached hydrogens (primary N) is 1. The summed E-state index contributed by atoms with van der Waals surface area (Å²) in [5.41, 5.74) is 0.0162. The van der Waals surface area contributed by atoms with E-state index in [2.05, 4.69) is 20.2 Å². The Bertz CT molecular complexity index is 1230. The van der Waals surface area contributed by atoms with Crippen LogP contribution in [0.4, 0.5) is 17.2 Å². The maximum Gasteiger partial charge on any atom is 0.303 e. The highest BCUT2D eigenvalue weighted by Gasteiger charge is 2.17. The molecular formula is C17H14N6O4S. The number of methoxy groups -OCH3 is 1. The van der Waals surface area contributed by atoms with Crippen molar-refractivity contribution in [2.45, 2.75) is 4.90 Å². The molecule has 28 heavy (non-hydrogen) atoms. The molecule has 142 valence electrons. The van der Waals surface area contributed by atoms with Crippen LogP contribution in [-0.2, 0) is 10.0 Å². The van der Waals surface area contributed by atoms with Crippen molar-refractivity contribution in [1.29, 1.82) is 0 Å². The van der Waals surface area contributed by atoms with Crippen LogP contribution in [0.5, 0.6) is 5.75 Å².